The SMILES string of the molecule is Cn1c(=O)c(S(=O)(=O)c2ccccc2)c(N2CCN(C(=O)c3cccs3)CC2)c2ccccc21.O=C(c1ccc(Cl)cc1)N1CCN(c2c([N+](=O)[O-])c(=O)n(Cc3ccc(F)cc3)c3ccc(Cl)cc23)CC1.O=C(c1ccc(F)cc1)N1CCN(c2c([N+](=O)[O-])c(=O)n(Cc3ccc(F)cc3)c3ccc(Cl)cc23)CC1. The molecule has 3 aliphatic rings. The normalized spacial score (nSPS) is 13.9. The van der Waals surface area contributed by atoms with Crippen LogP contribution in [0.1, 0.15) is 41.5 Å². The Balaban J connectivity index is 0.000000145. The number of halogens is 6. The molecule has 12 aromatic rings. The van der Waals surface area contributed by atoms with Crippen LogP contribution in [0.5, 0.6) is 0 Å². The van der Waals surface area contributed by atoms with E-state index in [1.807, 2.05) is 40.6 Å². The lowest BCUT2D eigenvalue weighted by atomic mass is 10.1. The average Bonchev–Trinajstić information content (AvgIpc) is 0.752. The summed E-state index contributed by atoms with van der Waals surface area (Å²) in [6, 6.07) is 51.7. The second kappa shape index (κ2) is 32.6. The standard InChI is InChI=1S/C27H21Cl2FN4O4.C27H21ClF2N4O4.C25H23N3O4S2/c28-19-5-3-18(4-6-19)26(35)32-13-11-31(12-14-32)24-22-15-20(29)7-10-23(22)33(27(36)25(24)34(37)38)16-17-1-8-21(30)9-2-17;28-19-5-10-23-22(15-19)24(25(34(37)38)27(36)33(23)16-17-1-6-20(29)7-2-17)31-11-13-32(14-12-31)26(35)18-3-8-21(30)9-4-18;1-26-20-11-6-5-10-19(20)22(23(25(26)30)34(31,32)18-8-3-2-4-9-18)27-13-15-28(16-14-27)24(29)21-12-7-17-33-21/h2*1-10,15H,11-14,16H2;2-12,17H,13-16H2,1H3. The molecule has 0 saturated carbocycles. The first kappa shape index (κ1) is 76.5. The summed E-state index contributed by atoms with van der Waals surface area (Å²) in [7, 11) is -2.49. The van der Waals surface area contributed by atoms with Gasteiger partial charge >= 0.3 is 22.5 Å². The zero-order valence-electron chi connectivity index (χ0n) is 58.4. The van der Waals surface area contributed by atoms with Crippen molar-refractivity contribution in [1.82, 2.24) is 28.4 Å². The predicted octanol–water partition coefficient (Wildman–Crippen LogP) is 13.6. The van der Waals surface area contributed by atoms with E-state index in [0.717, 1.165) is 0 Å². The fourth-order valence-corrected chi connectivity index (χ4v) is 16.6. The second-order valence-corrected chi connectivity index (χ2v) is 30.1. The number of fused-ring (bicyclic) bond motifs is 3. The van der Waals surface area contributed by atoms with Gasteiger partial charge in [-0.2, -0.15) is 0 Å². The molecule has 4 aromatic heterocycles. The first-order valence-electron chi connectivity index (χ1n) is 34.4. The van der Waals surface area contributed by atoms with Gasteiger partial charge in [0, 0.05) is 128 Å². The quantitative estimate of drug-likeness (QED) is 0.0724. The zero-order chi connectivity index (χ0) is 77.8. The van der Waals surface area contributed by atoms with E-state index in [9.17, 15) is 70.6 Å². The first-order valence-corrected chi connectivity index (χ1v) is 37.9. The molecule has 0 bridgehead atoms. The van der Waals surface area contributed by atoms with Crippen molar-refractivity contribution in [2.75, 3.05) is 93.2 Å². The van der Waals surface area contributed by atoms with Crippen molar-refractivity contribution in [2.45, 2.75) is 22.9 Å². The Labute approximate surface area is 644 Å². The molecule has 0 atom stereocenters. The third-order valence-electron chi connectivity index (χ3n) is 19.3. The Morgan fingerprint density at radius 2 is 0.827 bits per heavy atom. The smallest absolute Gasteiger partial charge is 0.357 e. The molecule has 0 unspecified atom stereocenters. The van der Waals surface area contributed by atoms with Gasteiger partial charge in [-0.1, -0.05) is 102 Å². The predicted molar refractivity (Wildman–Crippen MR) is 418 cm³/mol. The van der Waals surface area contributed by atoms with Crippen molar-refractivity contribution < 1.29 is 45.8 Å². The van der Waals surface area contributed by atoms with Crippen molar-refractivity contribution in [3.63, 3.8) is 0 Å². The minimum Gasteiger partial charge on any atom is -0.366 e. The van der Waals surface area contributed by atoms with Gasteiger partial charge < -0.3 is 34.0 Å². The van der Waals surface area contributed by atoms with E-state index in [1.54, 1.807) is 116 Å². The van der Waals surface area contributed by atoms with E-state index in [2.05, 4.69) is 0 Å². The van der Waals surface area contributed by atoms with Gasteiger partial charge in [0.05, 0.1) is 54.9 Å². The van der Waals surface area contributed by atoms with E-state index in [1.165, 1.54) is 110 Å². The Morgan fingerprint density at radius 1 is 0.436 bits per heavy atom. The summed E-state index contributed by atoms with van der Waals surface area (Å²) in [5.74, 6) is -1.77. The van der Waals surface area contributed by atoms with Crippen LogP contribution in [-0.2, 0) is 30.0 Å². The number of benzene rings is 8. The van der Waals surface area contributed by atoms with Crippen molar-refractivity contribution >= 4 is 135 Å². The summed E-state index contributed by atoms with van der Waals surface area (Å²) in [6.45, 7) is 3.86. The van der Waals surface area contributed by atoms with Gasteiger partial charge in [0.25, 0.3) is 23.3 Å². The highest BCUT2D eigenvalue weighted by atomic mass is 35.5. The Hall–Kier alpha value is -11.7. The average molecular weight is 1590 g/mol. The molecule has 15 rings (SSSR count). The molecule has 0 N–H and O–H groups in total. The fraction of sp³-hybridized carbons (Fsp3) is 0.190. The number of pyridine rings is 3. The largest absolute Gasteiger partial charge is 0.366 e. The minimum atomic E-state index is -4.08. The van der Waals surface area contributed by atoms with E-state index in [4.69, 9.17) is 34.8 Å². The van der Waals surface area contributed by atoms with Crippen LogP contribution in [-0.4, -0.2) is 143 Å². The molecule has 3 amide bonds. The van der Waals surface area contributed by atoms with Crippen LogP contribution in [0.25, 0.3) is 32.7 Å². The van der Waals surface area contributed by atoms with Crippen molar-refractivity contribution in [3.05, 3.63) is 317 Å². The summed E-state index contributed by atoms with van der Waals surface area (Å²) in [6.07, 6.45) is 0. The topological polar surface area (TPSA) is 257 Å². The number of aromatic nitrogens is 3. The van der Waals surface area contributed by atoms with E-state index < -0.39 is 65.2 Å². The van der Waals surface area contributed by atoms with Gasteiger partial charge in [-0.25, -0.2) is 21.6 Å². The van der Waals surface area contributed by atoms with Gasteiger partial charge in [-0.3, -0.25) is 58.1 Å². The summed E-state index contributed by atoms with van der Waals surface area (Å²) in [5, 5.41) is 29.1. The molecule has 23 nitrogen and oxygen atoms in total. The van der Waals surface area contributed by atoms with Crippen molar-refractivity contribution in [3.8, 4) is 0 Å². The van der Waals surface area contributed by atoms with Crippen molar-refractivity contribution in [1.29, 1.82) is 0 Å². The molecule has 0 spiro atoms. The number of nitro groups is 2. The molecule has 110 heavy (non-hydrogen) atoms. The maximum Gasteiger partial charge on any atom is 0.357 e. The number of piperazine rings is 3. The van der Waals surface area contributed by atoms with Gasteiger partial charge in [-0.05, 0) is 150 Å². The van der Waals surface area contributed by atoms with Crippen LogP contribution < -0.4 is 31.4 Å². The number of sulfone groups is 1. The van der Waals surface area contributed by atoms with Crippen LogP contribution in [0.2, 0.25) is 15.1 Å². The number of para-hydroxylation sites is 1. The minimum absolute atomic E-state index is 0.00167. The highest BCUT2D eigenvalue weighted by Gasteiger charge is 2.37. The Kier molecular flexibility index (Phi) is 22.7. The molecule has 562 valence electrons. The first-order chi connectivity index (χ1) is 52.8. The molecule has 3 fully saturated rings. The summed E-state index contributed by atoms with van der Waals surface area (Å²) in [4.78, 5) is 113. The third-order valence-corrected chi connectivity index (χ3v) is 22.7. The van der Waals surface area contributed by atoms with E-state index in [-0.39, 0.29) is 91.2 Å². The van der Waals surface area contributed by atoms with Crippen LogP contribution in [0.3, 0.4) is 0 Å². The summed E-state index contributed by atoms with van der Waals surface area (Å²) >= 11 is 19.9. The highest BCUT2D eigenvalue weighted by Crippen LogP contribution is 2.40. The summed E-state index contributed by atoms with van der Waals surface area (Å²) in [5.41, 5.74) is 1.03. The lowest BCUT2D eigenvalue weighted by Crippen LogP contribution is -2.49. The van der Waals surface area contributed by atoms with Gasteiger partial charge in [0.2, 0.25) is 9.84 Å². The van der Waals surface area contributed by atoms with Crippen LogP contribution in [0.15, 0.2) is 230 Å². The lowest BCUT2D eigenvalue weighted by Gasteiger charge is -2.37. The van der Waals surface area contributed by atoms with Crippen molar-refractivity contribution in [2.24, 2.45) is 7.05 Å². The number of aryl methyl sites for hydroxylation is 1. The molecule has 7 heterocycles. The Bertz CT molecular complexity index is 5620. The van der Waals surface area contributed by atoms with Gasteiger partial charge in [-0.15, -0.1) is 11.3 Å². The lowest BCUT2D eigenvalue weighted by molar-refractivity contribution is -0.385. The van der Waals surface area contributed by atoms with Gasteiger partial charge in [0.15, 0.2) is 4.90 Å². The molecular formula is C79H65Cl3F3N11O12S2. The third kappa shape index (κ3) is 15.9. The van der Waals surface area contributed by atoms with Gasteiger partial charge in [0.1, 0.15) is 28.8 Å². The number of amides is 3. The highest BCUT2D eigenvalue weighted by molar-refractivity contribution is 7.91. The molecule has 0 aliphatic carbocycles. The molecule has 3 aliphatic heterocycles. The zero-order valence-corrected chi connectivity index (χ0v) is 62.3. The number of rotatable bonds is 14. The van der Waals surface area contributed by atoms with Crippen LogP contribution in [0.4, 0.5) is 41.6 Å². The number of hydrogen-bond acceptors (Lipinski definition) is 16. The fourth-order valence-electron chi connectivity index (χ4n) is 13.9. The van der Waals surface area contributed by atoms with E-state index in [0.29, 0.717) is 120 Å². The van der Waals surface area contributed by atoms with Crippen LogP contribution >= 0.6 is 46.1 Å². The van der Waals surface area contributed by atoms with E-state index >= 15 is 0 Å². The molecule has 0 radical (unpaired) electrons. The maximum atomic E-state index is 13.7. The number of thiophene rings is 1. The molecular weight excluding hydrogens is 1520 g/mol. The van der Waals surface area contributed by atoms with Crippen LogP contribution in [0, 0.1) is 37.7 Å². The maximum absolute atomic E-state index is 13.7. The monoisotopic (exact) mass is 1590 g/mol. The molecule has 3 saturated heterocycles. The number of carbonyl (C=O) groups excluding carboxylic acids is 3. The Morgan fingerprint density at radius 3 is 1.25 bits per heavy atom. The number of hydrogen-bond donors (Lipinski definition) is 0. The second-order valence-electron chi connectivity index (χ2n) is 26.0. The number of carbonyl (C=O) groups is 3. The molecule has 8 aromatic carbocycles. The summed E-state index contributed by atoms with van der Waals surface area (Å²) < 4.78 is 71.5. The molecule has 31 heteroatoms. The number of anilines is 3. The number of nitrogens with zero attached hydrogens (tertiary/aromatic N) is 11.